The van der Waals surface area contributed by atoms with Gasteiger partial charge in [-0.2, -0.15) is 4.31 Å². The Kier molecular flexibility index (Phi) is 6.43. The summed E-state index contributed by atoms with van der Waals surface area (Å²) in [6, 6.07) is 7.91. The highest BCUT2D eigenvalue weighted by Gasteiger charge is 2.38. The standard InChI is InChI=1S/C22H30N4O5S/c1-16-21(17(2)31-23-16)32(28,29)26-10-4-5-18(15-26)22(27)25-13-11-24(12-14-25)19-6-8-20(30-3)9-7-19/h6-9,18H,4-5,10-15H2,1-3H3/t18-/m1/s1. The normalized spacial score (nSPS) is 20.4. The fourth-order valence-corrected chi connectivity index (χ4v) is 6.39. The fourth-order valence-electron chi connectivity index (χ4n) is 4.57. The third kappa shape index (κ3) is 4.33. The van der Waals surface area contributed by atoms with Crippen LogP contribution in [0.2, 0.25) is 0 Å². The summed E-state index contributed by atoms with van der Waals surface area (Å²) in [4.78, 5) is 17.5. The number of anilines is 1. The SMILES string of the molecule is COc1ccc(N2CCN(C(=O)[C@@H]3CCCN(S(=O)(=O)c4c(C)noc4C)C3)CC2)cc1. The van der Waals surface area contributed by atoms with Crippen LogP contribution < -0.4 is 9.64 Å². The molecule has 10 heteroatoms. The molecule has 2 aromatic rings. The topological polar surface area (TPSA) is 96.2 Å². The summed E-state index contributed by atoms with van der Waals surface area (Å²) in [6.45, 7) is 6.55. The first-order valence-corrected chi connectivity index (χ1v) is 12.4. The maximum absolute atomic E-state index is 13.2. The van der Waals surface area contributed by atoms with E-state index < -0.39 is 10.0 Å². The largest absolute Gasteiger partial charge is 0.497 e. The van der Waals surface area contributed by atoms with Crippen LogP contribution in [0.5, 0.6) is 5.75 Å². The molecule has 0 aliphatic carbocycles. The molecule has 2 aliphatic heterocycles. The van der Waals surface area contributed by atoms with E-state index in [0.717, 1.165) is 24.5 Å². The van der Waals surface area contributed by atoms with Crippen molar-refractivity contribution in [1.29, 1.82) is 0 Å². The molecule has 174 valence electrons. The predicted octanol–water partition coefficient (Wildman–Crippen LogP) is 2.05. The molecule has 1 aromatic heterocycles. The number of rotatable bonds is 5. The first-order valence-electron chi connectivity index (χ1n) is 10.9. The van der Waals surface area contributed by atoms with Gasteiger partial charge in [0.15, 0.2) is 5.76 Å². The van der Waals surface area contributed by atoms with E-state index in [2.05, 4.69) is 10.1 Å². The number of carbonyl (C=O) groups excluding carboxylic acids is 1. The Morgan fingerprint density at radius 2 is 1.78 bits per heavy atom. The Labute approximate surface area is 189 Å². The summed E-state index contributed by atoms with van der Waals surface area (Å²) in [6.07, 6.45) is 1.36. The number of nitrogens with zero attached hydrogens (tertiary/aromatic N) is 4. The average Bonchev–Trinajstić information content (AvgIpc) is 3.17. The molecule has 2 aliphatic rings. The van der Waals surface area contributed by atoms with E-state index in [1.165, 1.54) is 4.31 Å². The number of benzene rings is 1. The number of hydrogen-bond acceptors (Lipinski definition) is 7. The highest BCUT2D eigenvalue weighted by Crippen LogP contribution is 2.29. The van der Waals surface area contributed by atoms with Crippen molar-refractivity contribution in [2.45, 2.75) is 31.6 Å². The van der Waals surface area contributed by atoms with E-state index in [1.807, 2.05) is 29.2 Å². The third-order valence-electron chi connectivity index (χ3n) is 6.33. The van der Waals surface area contributed by atoms with Crippen molar-refractivity contribution in [1.82, 2.24) is 14.4 Å². The summed E-state index contributed by atoms with van der Waals surface area (Å²) < 4.78 is 38.0. The number of piperidine rings is 1. The molecule has 2 saturated heterocycles. The van der Waals surface area contributed by atoms with Gasteiger partial charge in [0.1, 0.15) is 16.3 Å². The zero-order valence-electron chi connectivity index (χ0n) is 18.8. The van der Waals surface area contributed by atoms with Crippen molar-refractivity contribution in [3.8, 4) is 5.75 Å². The third-order valence-corrected chi connectivity index (χ3v) is 8.44. The minimum absolute atomic E-state index is 0.0399. The lowest BCUT2D eigenvalue weighted by Crippen LogP contribution is -2.53. The molecule has 1 atom stereocenters. The van der Waals surface area contributed by atoms with Gasteiger partial charge in [-0.3, -0.25) is 4.79 Å². The molecule has 0 radical (unpaired) electrons. The molecular formula is C22H30N4O5S. The van der Waals surface area contributed by atoms with Crippen LogP contribution in [0.4, 0.5) is 5.69 Å². The quantitative estimate of drug-likeness (QED) is 0.671. The average molecular weight is 463 g/mol. The zero-order valence-corrected chi connectivity index (χ0v) is 19.6. The fraction of sp³-hybridized carbons (Fsp3) is 0.545. The number of amides is 1. The Hall–Kier alpha value is -2.59. The highest BCUT2D eigenvalue weighted by molar-refractivity contribution is 7.89. The van der Waals surface area contributed by atoms with Crippen LogP contribution in [-0.4, -0.2) is 75.1 Å². The van der Waals surface area contributed by atoms with Gasteiger partial charge in [0.2, 0.25) is 15.9 Å². The number of aryl methyl sites for hydroxylation is 2. The molecule has 1 amide bonds. The minimum atomic E-state index is -3.74. The zero-order chi connectivity index (χ0) is 22.9. The molecule has 0 N–H and O–H groups in total. The number of sulfonamides is 1. The monoisotopic (exact) mass is 462 g/mol. The summed E-state index contributed by atoms with van der Waals surface area (Å²) >= 11 is 0. The number of carbonyl (C=O) groups is 1. The first kappa shape index (κ1) is 22.6. The molecular weight excluding hydrogens is 432 g/mol. The summed E-state index contributed by atoms with van der Waals surface area (Å²) in [5, 5.41) is 3.78. The molecule has 32 heavy (non-hydrogen) atoms. The molecule has 4 rings (SSSR count). The first-order chi connectivity index (χ1) is 15.3. The molecule has 0 unspecified atom stereocenters. The van der Waals surface area contributed by atoms with Crippen molar-refractivity contribution in [2.75, 3.05) is 51.3 Å². The number of piperazine rings is 1. The summed E-state index contributed by atoms with van der Waals surface area (Å²) in [5.74, 6) is 0.811. The Balaban J connectivity index is 1.38. The van der Waals surface area contributed by atoms with E-state index in [0.29, 0.717) is 38.2 Å². The molecule has 0 spiro atoms. The molecule has 2 fully saturated rings. The van der Waals surface area contributed by atoms with Crippen molar-refractivity contribution in [3.63, 3.8) is 0 Å². The van der Waals surface area contributed by atoms with Crippen LogP contribution in [-0.2, 0) is 14.8 Å². The van der Waals surface area contributed by atoms with Crippen molar-refractivity contribution in [3.05, 3.63) is 35.7 Å². The lowest BCUT2D eigenvalue weighted by atomic mass is 9.97. The number of hydrogen-bond donors (Lipinski definition) is 0. The van der Waals surface area contributed by atoms with E-state index in [-0.39, 0.29) is 29.0 Å². The maximum atomic E-state index is 13.2. The van der Waals surface area contributed by atoms with Gasteiger partial charge in [0, 0.05) is 45.0 Å². The van der Waals surface area contributed by atoms with Gasteiger partial charge in [-0.1, -0.05) is 5.16 Å². The summed E-state index contributed by atoms with van der Waals surface area (Å²) in [5.41, 5.74) is 1.46. The Morgan fingerprint density at radius 3 is 2.38 bits per heavy atom. The highest BCUT2D eigenvalue weighted by atomic mass is 32.2. The maximum Gasteiger partial charge on any atom is 0.248 e. The molecule has 1 aromatic carbocycles. The van der Waals surface area contributed by atoms with E-state index in [1.54, 1.807) is 21.0 Å². The van der Waals surface area contributed by atoms with Crippen LogP contribution in [0.3, 0.4) is 0 Å². The van der Waals surface area contributed by atoms with Gasteiger partial charge in [0.05, 0.1) is 13.0 Å². The van der Waals surface area contributed by atoms with Crippen LogP contribution in [0.25, 0.3) is 0 Å². The van der Waals surface area contributed by atoms with Gasteiger partial charge in [-0.05, 0) is 51.0 Å². The van der Waals surface area contributed by atoms with Gasteiger partial charge in [0.25, 0.3) is 0 Å². The molecule has 0 bridgehead atoms. The summed E-state index contributed by atoms with van der Waals surface area (Å²) in [7, 11) is -2.10. The smallest absolute Gasteiger partial charge is 0.248 e. The minimum Gasteiger partial charge on any atom is -0.497 e. The molecule has 0 saturated carbocycles. The van der Waals surface area contributed by atoms with E-state index in [9.17, 15) is 13.2 Å². The van der Waals surface area contributed by atoms with Crippen LogP contribution >= 0.6 is 0 Å². The van der Waals surface area contributed by atoms with Crippen molar-refractivity contribution >= 4 is 21.6 Å². The Morgan fingerprint density at radius 1 is 1.09 bits per heavy atom. The van der Waals surface area contributed by atoms with Crippen LogP contribution in [0, 0.1) is 19.8 Å². The number of aromatic nitrogens is 1. The lowest BCUT2D eigenvalue weighted by Gasteiger charge is -2.39. The number of ether oxygens (including phenoxy) is 1. The second-order valence-electron chi connectivity index (χ2n) is 8.37. The van der Waals surface area contributed by atoms with Crippen molar-refractivity contribution in [2.24, 2.45) is 5.92 Å². The van der Waals surface area contributed by atoms with Gasteiger partial charge in [-0.15, -0.1) is 0 Å². The van der Waals surface area contributed by atoms with Crippen molar-refractivity contribution < 1.29 is 22.5 Å². The van der Waals surface area contributed by atoms with Gasteiger partial charge >= 0.3 is 0 Å². The van der Waals surface area contributed by atoms with E-state index >= 15 is 0 Å². The van der Waals surface area contributed by atoms with Gasteiger partial charge in [-0.25, -0.2) is 8.42 Å². The second kappa shape index (κ2) is 9.11. The van der Waals surface area contributed by atoms with Crippen LogP contribution in [0.1, 0.15) is 24.3 Å². The predicted molar refractivity (Wildman–Crippen MR) is 119 cm³/mol. The van der Waals surface area contributed by atoms with E-state index in [4.69, 9.17) is 9.26 Å². The Bertz CT molecular complexity index is 1040. The number of methoxy groups -OCH3 is 1. The van der Waals surface area contributed by atoms with Crippen LogP contribution in [0.15, 0.2) is 33.7 Å². The molecule has 3 heterocycles. The van der Waals surface area contributed by atoms with Gasteiger partial charge < -0.3 is 19.1 Å². The molecule has 9 nitrogen and oxygen atoms in total. The second-order valence-corrected chi connectivity index (χ2v) is 10.2. The lowest BCUT2D eigenvalue weighted by molar-refractivity contribution is -0.137.